The van der Waals surface area contributed by atoms with E-state index >= 15 is 0 Å². The molecule has 0 saturated carbocycles. The fourth-order valence-corrected chi connectivity index (χ4v) is 13.4. The summed E-state index contributed by atoms with van der Waals surface area (Å²) in [7, 11) is 3.30. The van der Waals surface area contributed by atoms with Crippen LogP contribution in [0.3, 0.4) is 0 Å². The van der Waals surface area contributed by atoms with Gasteiger partial charge in [0.2, 0.25) is 0 Å². The number of furan rings is 6. The highest BCUT2D eigenvalue weighted by Gasteiger charge is 2.36. The number of aliphatic carboxylic acids is 1. The smallest absolute Gasteiger partial charge is 0.412 e. The summed E-state index contributed by atoms with van der Waals surface area (Å²) in [6, 6.07) is 27.6. The van der Waals surface area contributed by atoms with Gasteiger partial charge in [0.25, 0.3) is 0 Å². The zero-order valence-electron chi connectivity index (χ0n) is 79.9. The van der Waals surface area contributed by atoms with Crippen LogP contribution in [0.4, 0.5) is 14.4 Å². The molecule has 0 spiro atoms. The molecule has 0 aliphatic rings. The first-order chi connectivity index (χ1) is 63.4. The van der Waals surface area contributed by atoms with Crippen LogP contribution in [0.25, 0.3) is 18.2 Å². The van der Waals surface area contributed by atoms with Gasteiger partial charge in [-0.2, -0.15) is 0 Å². The Kier molecular flexibility index (Phi) is 69.9. The molecule has 0 bridgehead atoms. The number of hydrogen-bond acceptors (Lipinski definition) is 33. The molecule has 4 N–H and O–H groups in total. The first-order valence-electron chi connectivity index (χ1n) is 40.0. The Morgan fingerprint density at radius 2 is 0.707 bits per heavy atom. The highest BCUT2D eigenvalue weighted by atomic mass is 79.9. The lowest BCUT2D eigenvalue weighted by molar-refractivity contribution is -0.145. The first-order valence-corrected chi connectivity index (χ1v) is 50.8. The zero-order chi connectivity index (χ0) is 106. The Morgan fingerprint density at radius 3 is 0.950 bits per heavy atom. The van der Waals surface area contributed by atoms with Crippen LogP contribution in [-0.2, 0) is 114 Å². The topological polar surface area (TPSA) is 509 Å². The molecule has 0 aromatic carbocycles. The van der Waals surface area contributed by atoms with Crippen LogP contribution in [0.5, 0.6) is 0 Å². The molecule has 8 aromatic heterocycles. The van der Waals surface area contributed by atoms with Gasteiger partial charge in [-0.15, -0.1) is 0 Å². The van der Waals surface area contributed by atoms with Crippen molar-refractivity contribution in [3.8, 4) is 0 Å². The molecule has 0 saturated heterocycles. The second-order valence-electron chi connectivity index (χ2n) is 31.6. The summed E-state index contributed by atoms with van der Waals surface area (Å²) in [6.07, 6.45) is 8.57. The minimum Gasteiger partial charge on any atom is -0.481 e. The Balaban J connectivity index is -0.000000485. The summed E-state index contributed by atoms with van der Waals surface area (Å²) >= 11 is 30.1. The predicted octanol–water partition coefficient (Wildman–Crippen LogP) is 24.1. The number of aromatic nitrogens is 2. The molecule has 47 heteroatoms. The monoisotopic (exact) mass is 2430 g/mol. The maximum atomic E-state index is 11.8. The molecule has 3 amide bonds. The molecule has 8 aromatic rings. The Bertz CT molecular complexity index is 5140. The van der Waals surface area contributed by atoms with Crippen LogP contribution < -0.4 is 16.0 Å². The van der Waals surface area contributed by atoms with E-state index in [4.69, 9.17) is 69.0 Å². The van der Waals surface area contributed by atoms with Crippen molar-refractivity contribution in [2.75, 3.05) is 76.4 Å². The summed E-state index contributed by atoms with van der Waals surface area (Å²) < 4.78 is 105. The van der Waals surface area contributed by atoms with E-state index in [2.05, 4.69) is 155 Å². The average molecular weight is 2440 g/mol. The largest absolute Gasteiger partial charge is 0.481 e. The summed E-state index contributed by atoms with van der Waals surface area (Å²) in [5, 5.41) is 16.1. The van der Waals surface area contributed by atoms with E-state index in [1.54, 1.807) is 161 Å². The van der Waals surface area contributed by atoms with Crippen LogP contribution in [0.2, 0.25) is 10.3 Å². The molecule has 140 heavy (non-hydrogen) atoms. The highest BCUT2D eigenvalue weighted by Crippen LogP contribution is 2.43. The molecule has 0 aliphatic carbocycles. The number of rotatable bonds is 25. The standard InChI is InChI=1S/C14H17ClN2O4.2C10H20NO5P.2C9H11BrO3.2C9H9BrO3.C9H11BrO3.C6H4ClNO.C5H3BrO2.3CH4/c1-14(2,3)21-13(19)17-10(12(18)20-4)7-9-5-6-11(15)16-8-9;2*1-10(2,3)16-9(13)11-7(8(12)15-4)17(5,6)14;4*1-6(9(11)12-2)5-7-3-4-8(10)13-7;1-6(5-9(11)12)4-7-2-3-8(10)13-7;7-6-2-1-5(4-9)3-8-6;6-5-2-1-4(3-7)8-5;;;/h5-8H,1-4H3,(H,17,19);2*7H,1-6H3,(H,11,13);2*3-4,6H,5H2,1-2H3;2*3-5H,1-2H3;2-3,6H,4-5H2,1H3,(H,11,12);1-4H;1-3H;3*1H4/b10-7-;;;;;2*6-5+;;;;;;/t;;;6-;;;;;;;;;/m...1........./s1. The molecular weight excluding hydrogens is 2310 g/mol. The number of aldehydes is 2. The molecular formula is C93H127Br6Cl2N5O32P2. The van der Waals surface area contributed by atoms with E-state index in [1.807, 2.05) is 45.0 Å². The second-order valence-corrected chi connectivity index (χ2v) is 43.8. The summed E-state index contributed by atoms with van der Waals surface area (Å²) in [5.74, 6) is -2.70. The lowest BCUT2D eigenvalue weighted by Crippen LogP contribution is -2.43. The zero-order valence-corrected chi connectivity index (χ0v) is 92.7. The van der Waals surface area contributed by atoms with Crippen molar-refractivity contribution in [2.45, 2.75) is 173 Å². The highest BCUT2D eigenvalue weighted by molar-refractivity contribution is 9.11. The summed E-state index contributed by atoms with van der Waals surface area (Å²) in [5.41, 5.74) is 0.0272. The van der Waals surface area contributed by atoms with Crippen molar-refractivity contribution < 1.29 is 150 Å². The second kappa shape index (κ2) is 70.6. The van der Waals surface area contributed by atoms with Gasteiger partial charge in [-0.25, -0.2) is 48.3 Å². The van der Waals surface area contributed by atoms with Gasteiger partial charge in [-0.05, 0) is 319 Å². The van der Waals surface area contributed by atoms with Crippen molar-refractivity contribution >= 4 is 230 Å². The van der Waals surface area contributed by atoms with Gasteiger partial charge in [-0.3, -0.25) is 29.3 Å². The minimum absolute atomic E-state index is 0. The number of halogens is 8. The van der Waals surface area contributed by atoms with Gasteiger partial charge in [0.15, 0.2) is 57.9 Å². The van der Waals surface area contributed by atoms with E-state index in [-0.39, 0.29) is 76.0 Å². The van der Waals surface area contributed by atoms with Crippen LogP contribution in [0, 0.1) is 17.8 Å². The summed E-state index contributed by atoms with van der Waals surface area (Å²) in [4.78, 5) is 151. The maximum Gasteiger partial charge on any atom is 0.412 e. The quantitative estimate of drug-likeness (QED) is 0.0103. The number of nitrogens with zero attached hydrogens (tertiary/aromatic N) is 2. The minimum atomic E-state index is -2.85. The molecule has 0 radical (unpaired) electrons. The number of amides is 3. The van der Waals surface area contributed by atoms with Crippen molar-refractivity contribution in [1.29, 1.82) is 0 Å². The SMILES string of the molecule is C.C.C.CC(CC(=O)O)Cc1ccc(Br)o1.COC(=O)/C(=C/c1ccc(Cl)nc1)NC(=O)OC(C)(C)C.COC(=O)/C(C)=C/c1ccc(Br)o1.COC(=O)/C(C)=C/c1ccc(Br)o1.COC(=O)C(C)Cc1ccc(Br)o1.COC(=O)C(NC(=O)OC(C)(C)C)P(C)(C)=O.COC(=O)C(NC(=O)OC(C)(C)C)P(C)(C)=O.COC(=O)[C@H](C)Cc1ccc(Br)o1.O=Cc1ccc(Br)o1.O=Cc1ccc(Cl)nc1. The number of carboxylic acids is 1. The number of carbonyl (C=O) groups excluding carboxylic acids is 12. The van der Waals surface area contributed by atoms with E-state index in [1.165, 1.54) is 94.9 Å². The van der Waals surface area contributed by atoms with Crippen LogP contribution in [0.1, 0.15) is 181 Å². The number of esters is 7. The number of hydrogen-bond donors (Lipinski definition) is 4. The first kappa shape index (κ1) is 138. The molecule has 5 atom stereocenters. The molecule has 4 unspecified atom stereocenters. The fraction of sp³-hybridized carbons (Fsp3) is 0.430. The lowest BCUT2D eigenvalue weighted by Gasteiger charge is -2.24. The molecule has 0 aliphatic heterocycles. The van der Waals surface area contributed by atoms with Crippen LogP contribution >= 0.6 is 133 Å². The summed E-state index contributed by atoms with van der Waals surface area (Å²) in [6.45, 7) is 29.7. The predicted molar refractivity (Wildman–Crippen MR) is 553 cm³/mol. The molecule has 0 fully saturated rings. The molecule has 782 valence electrons. The van der Waals surface area contributed by atoms with Crippen LogP contribution in [-0.4, -0.2) is 198 Å². The third-order valence-corrected chi connectivity index (χ3v) is 21.4. The number of pyridine rings is 2. The van der Waals surface area contributed by atoms with E-state index < -0.39 is 84.8 Å². The van der Waals surface area contributed by atoms with Gasteiger partial charge in [0, 0.05) is 54.8 Å². The molecule has 8 heterocycles. The van der Waals surface area contributed by atoms with E-state index in [9.17, 15) is 71.5 Å². The van der Waals surface area contributed by atoms with Gasteiger partial charge in [0.1, 0.15) is 75.9 Å². The Hall–Kier alpha value is -9.97. The van der Waals surface area contributed by atoms with E-state index in [0.29, 0.717) is 103 Å². The number of nitrogens with one attached hydrogen (secondary N) is 3. The van der Waals surface area contributed by atoms with Gasteiger partial charge >= 0.3 is 66.0 Å². The number of ether oxygens (including phenoxy) is 10. The number of methoxy groups -OCH3 is 7. The number of alkyl carbamates (subject to hydrolysis) is 3. The lowest BCUT2D eigenvalue weighted by atomic mass is 10.0. The molecule has 8 rings (SSSR count). The van der Waals surface area contributed by atoms with Crippen molar-refractivity contribution in [2.24, 2.45) is 17.8 Å². The normalized spacial score (nSPS) is 11.8. The van der Waals surface area contributed by atoms with Crippen LogP contribution in [0.15, 0.2) is 181 Å². The maximum absolute atomic E-state index is 11.8. The van der Waals surface area contributed by atoms with Gasteiger partial charge in [-0.1, -0.05) is 72.3 Å². The molecule has 37 nitrogen and oxygen atoms in total. The third-order valence-electron chi connectivity index (χ3n) is 15.2. The van der Waals surface area contributed by atoms with Crippen molar-refractivity contribution in [3.05, 3.63) is 210 Å². The van der Waals surface area contributed by atoms with Crippen molar-refractivity contribution in [3.63, 3.8) is 0 Å². The van der Waals surface area contributed by atoms with Gasteiger partial charge < -0.3 is 98.7 Å². The fourth-order valence-electron chi connectivity index (χ4n) is 9.10. The average Bonchev–Trinajstić information content (AvgIpc) is 1.34. The van der Waals surface area contributed by atoms with Gasteiger partial charge in [0.05, 0.1) is 61.6 Å². The van der Waals surface area contributed by atoms with Crippen molar-refractivity contribution in [1.82, 2.24) is 25.9 Å². The Labute approximate surface area is 877 Å². The Morgan fingerprint density at radius 1 is 0.407 bits per heavy atom. The number of carboxylic acid groups (broad SMARTS) is 1. The third kappa shape index (κ3) is 65.9. The number of carbonyl (C=O) groups is 13. The van der Waals surface area contributed by atoms with E-state index in [0.717, 1.165) is 23.6 Å².